The van der Waals surface area contributed by atoms with Crippen LogP contribution in [0.25, 0.3) is 109 Å². The molecule has 0 atom stereocenters. The van der Waals surface area contributed by atoms with E-state index in [4.69, 9.17) is 0 Å². The molecule has 11 rings (SSSR count). The normalized spacial score (nSPS) is 12.8. The van der Waals surface area contributed by atoms with Crippen molar-refractivity contribution < 1.29 is 0 Å². The zero-order chi connectivity index (χ0) is 27.1. The standard InChI is InChI=1S/C42H22/c1-6-27(29-18-20-35-31-8-2-4-23-10-12-25-14-16-33(29)41(35)39(25)37(23)31)22-28(7-1)30-19-21-36-32-9-3-5-24-11-13-26-15-17-34(30)42(36)40(26)38(24)32/h1-22H. The molecule has 0 aromatic heterocycles. The Kier molecular flexibility index (Phi) is 3.67. The first-order chi connectivity index (χ1) is 20.8. The number of hydrogen-bond donors (Lipinski definition) is 0. The highest BCUT2D eigenvalue weighted by molar-refractivity contribution is 6.35. The molecule has 0 saturated carbocycles. The van der Waals surface area contributed by atoms with Gasteiger partial charge in [0.05, 0.1) is 0 Å². The van der Waals surface area contributed by atoms with Gasteiger partial charge in [-0.05, 0) is 115 Å². The summed E-state index contributed by atoms with van der Waals surface area (Å²) in [7, 11) is 0. The molecular formula is C42H22. The van der Waals surface area contributed by atoms with E-state index in [-0.39, 0.29) is 0 Å². The SMILES string of the molecule is c1cc(-c2ccc3c4c2ccc2ccc5cccc-3c5c24)cc(-c2ccc3c4c2ccc2ccc5cccc-3c5c24)c1. The van der Waals surface area contributed by atoms with Gasteiger partial charge in [-0.3, -0.25) is 0 Å². The summed E-state index contributed by atoms with van der Waals surface area (Å²) in [5.74, 6) is 0. The number of rotatable bonds is 2. The van der Waals surface area contributed by atoms with Crippen LogP contribution >= 0.6 is 0 Å². The Hall–Kier alpha value is -5.46. The molecule has 0 amide bonds. The highest BCUT2D eigenvalue weighted by Crippen LogP contribution is 2.51. The van der Waals surface area contributed by atoms with E-state index in [0.717, 1.165) is 0 Å². The zero-order valence-electron chi connectivity index (χ0n) is 22.7. The molecule has 2 aliphatic carbocycles. The van der Waals surface area contributed by atoms with Crippen LogP contribution in [-0.4, -0.2) is 0 Å². The summed E-state index contributed by atoms with van der Waals surface area (Å²) in [6, 6.07) is 50.4. The van der Waals surface area contributed by atoms with Crippen LogP contribution in [0.1, 0.15) is 0 Å². The highest BCUT2D eigenvalue weighted by atomic mass is 14.3. The average Bonchev–Trinajstić information content (AvgIpc) is 3.58. The van der Waals surface area contributed by atoms with Crippen LogP contribution in [0.15, 0.2) is 133 Å². The van der Waals surface area contributed by atoms with Crippen molar-refractivity contribution in [3.63, 3.8) is 0 Å². The Balaban J connectivity index is 1.16. The number of hydrogen-bond acceptors (Lipinski definition) is 0. The third-order valence-corrected chi connectivity index (χ3v) is 10.1. The molecule has 0 radical (unpaired) electrons. The quantitative estimate of drug-likeness (QED) is 0.197. The molecule has 0 heterocycles. The van der Waals surface area contributed by atoms with Gasteiger partial charge in [0.15, 0.2) is 0 Å². The molecule has 0 nitrogen and oxygen atoms in total. The number of fused-ring (bicyclic) bond motifs is 2. The maximum atomic E-state index is 2.40. The van der Waals surface area contributed by atoms with Gasteiger partial charge in [0.25, 0.3) is 0 Å². The van der Waals surface area contributed by atoms with Gasteiger partial charge in [0, 0.05) is 0 Å². The lowest BCUT2D eigenvalue weighted by Crippen LogP contribution is -1.87. The van der Waals surface area contributed by atoms with Crippen LogP contribution in [0.3, 0.4) is 0 Å². The van der Waals surface area contributed by atoms with Crippen LogP contribution in [0, 0.1) is 0 Å². The molecule has 0 unspecified atom stereocenters. The van der Waals surface area contributed by atoms with Crippen molar-refractivity contribution in [2.24, 2.45) is 0 Å². The first kappa shape index (κ1) is 21.3. The van der Waals surface area contributed by atoms with Crippen LogP contribution in [0.5, 0.6) is 0 Å². The second kappa shape index (κ2) is 7.24. The summed E-state index contributed by atoms with van der Waals surface area (Å²) in [5, 5.41) is 16.4. The molecule has 0 aliphatic heterocycles. The first-order valence-corrected chi connectivity index (χ1v) is 14.8. The van der Waals surface area contributed by atoms with Crippen LogP contribution in [-0.2, 0) is 0 Å². The molecule has 0 spiro atoms. The summed E-state index contributed by atoms with van der Waals surface area (Å²) < 4.78 is 0. The monoisotopic (exact) mass is 526 g/mol. The van der Waals surface area contributed by atoms with Gasteiger partial charge in [-0.15, -0.1) is 0 Å². The van der Waals surface area contributed by atoms with Crippen molar-refractivity contribution >= 4 is 64.6 Å². The van der Waals surface area contributed by atoms with Gasteiger partial charge in [-0.2, -0.15) is 0 Å². The molecule has 9 aromatic carbocycles. The fraction of sp³-hybridized carbons (Fsp3) is 0. The Bertz CT molecular complexity index is 2540. The van der Waals surface area contributed by atoms with E-state index in [0.29, 0.717) is 0 Å². The van der Waals surface area contributed by atoms with Gasteiger partial charge in [0.2, 0.25) is 0 Å². The molecular weight excluding hydrogens is 504 g/mol. The van der Waals surface area contributed by atoms with Crippen molar-refractivity contribution in [1.82, 2.24) is 0 Å². The van der Waals surface area contributed by atoms with Crippen molar-refractivity contribution in [3.8, 4) is 44.5 Å². The average molecular weight is 527 g/mol. The van der Waals surface area contributed by atoms with Crippen molar-refractivity contribution in [3.05, 3.63) is 133 Å². The van der Waals surface area contributed by atoms with E-state index >= 15 is 0 Å². The van der Waals surface area contributed by atoms with Gasteiger partial charge < -0.3 is 0 Å². The Morgan fingerprint density at radius 1 is 0.238 bits per heavy atom. The minimum absolute atomic E-state index is 1.26. The van der Waals surface area contributed by atoms with E-state index in [2.05, 4.69) is 133 Å². The van der Waals surface area contributed by atoms with Crippen LogP contribution in [0.4, 0.5) is 0 Å². The highest BCUT2D eigenvalue weighted by Gasteiger charge is 2.23. The van der Waals surface area contributed by atoms with E-state index < -0.39 is 0 Å². The van der Waals surface area contributed by atoms with Gasteiger partial charge in [0.1, 0.15) is 0 Å². The Morgan fingerprint density at radius 3 is 1.12 bits per heavy atom. The Morgan fingerprint density at radius 2 is 0.619 bits per heavy atom. The second-order valence-corrected chi connectivity index (χ2v) is 12.0. The second-order valence-electron chi connectivity index (χ2n) is 12.0. The molecule has 0 N–H and O–H groups in total. The molecule has 0 saturated heterocycles. The zero-order valence-corrected chi connectivity index (χ0v) is 22.7. The lowest BCUT2D eigenvalue weighted by molar-refractivity contribution is 1.63. The van der Waals surface area contributed by atoms with E-state index in [1.165, 1.54) is 109 Å². The molecule has 0 heteroatoms. The van der Waals surface area contributed by atoms with E-state index in [9.17, 15) is 0 Å². The van der Waals surface area contributed by atoms with Gasteiger partial charge >= 0.3 is 0 Å². The molecule has 0 fully saturated rings. The predicted molar refractivity (Wildman–Crippen MR) is 180 cm³/mol. The molecule has 42 heavy (non-hydrogen) atoms. The van der Waals surface area contributed by atoms with Crippen molar-refractivity contribution in [1.29, 1.82) is 0 Å². The summed E-state index contributed by atoms with van der Waals surface area (Å²) >= 11 is 0. The lowest BCUT2D eigenvalue weighted by atomic mass is 9.90. The minimum atomic E-state index is 1.26. The van der Waals surface area contributed by atoms with Crippen molar-refractivity contribution in [2.75, 3.05) is 0 Å². The topological polar surface area (TPSA) is 0 Å². The predicted octanol–water partition coefficient (Wildman–Crippen LogP) is 11.9. The smallest absolute Gasteiger partial charge is 0.00139 e. The molecule has 9 aromatic rings. The lowest BCUT2D eigenvalue weighted by Gasteiger charge is -2.13. The number of benzene rings is 9. The van der Waals surface area contributed by atoms with Gasteiger partial charge in [-0.1, -0.05) is 127 Å². The van der Waals surface area contributed by atoms with Crippen LogP contribution < -0.4 is 0 Å². The first-order valence-electron chi connectivity index (χ1n) is 14.8. The van der Waals surface area contributed by atoms with Crippen LogP contribution in [0.2, 0.25) is 0 Å². The maximum absolute atomic E-state index is 2.40. The van der Waals surface area contributed by atoms with Crippen molar-refractivity contribution in [2.45, 2.75) is 0 Å². The fourth-order valence-corrected chi connectivity index (χ4v) is 8.33. The summed E-state index contributed by atoms with van der Waals surface area (Å²) in [4.78, 5) is 0. The largest absolute Gasteiger partial charge is 0.0610 e. The Labute approximate surface area is 242 Å². The molecule has 0 bridgehead atoms. The molecule has 2 aliphatic rings. The fourth-order valence-electron chi connectivity index (χ4n) is 8.33. The molecule has 190 valence electrons. The van der Waals surface area contributed by atoms with Gasteiger partial charge in [-0.25, -0.2) is 0 Å². The minimum Gasteiger partial charge on any atom is -0.0610 e. The summed E-state index contributed by atoms with van der Waals surface area (Å²) in [6.45, 7) is 0. The maximum Gasteiger partial charge on any atom is -0.00139 e. The summed E-state index contributed by atoms with van der Waals surface area (Å²) in [6.07, 6.45) is 0. The summed E-state index contributed by atoms with van der Waals surface area (Å²) in [5.41, 5.74) is 10.6. The third kappa shape index (κ3) is 2.43. The van der Waals surface area contributed by atoms with E-state index in [1.54, 1.807) is 0 Å². The third-order valence-electron chi connectivity index (χ3n) is 10.1. The van der Waals surface area contributed by atoms with E-state index in [1.807, 2.05) is 0 Å².